The first-order valence-corrected chi connectivity index (χ1v) is 5.77. The minimum absolute atomic E-state index is 0.0157. The number of amides is 1. The van der Waals surface area contributed by atoms with Gasteiger partial charge in [0.25, 0.3) is 0 Å². The molecule has 0 unspecified atom stereocenters. The number of halogens is 1. The van der Waals surface area contributed by atoms with Gasteiger partial charge in [0.2, 0.25) is 5.91 Å². The zero-order chi connectivity index (χ0) is 11.4. The average Bonchev–Trinajstić information content (AvgIpc) is 2.30. The third kappa shape index (κ3) is 2.93. The minimum Gasteiger partial charge on any atom is -0.316 e. The number of aromatic nitrogens is 1. The quantitative estimate of drug-likeness (QED) is 0.772. The molecule has 1 aromatic rings. The predicted octanol–water partition coefficient (Wildman–Crippen LogP) is 1.67. The van der Waals surface area contributed by atoms with Gasteiger partial charge in [0.15, 0.2) is 0 Å². The van der Waals surface area contributed by atoms with Crippen LogP contribution < -0.4 is 10.6 Å². The van der Waals surface area contributed by atoms with E-state index in [1.54, 1.807) is 18.2 Å². The van der Waals surface area contributed by atoms with Gasteiger partial charge in [-0.2, -0.15) is 0 Å². The molecule has 5 heteroatoms. The van der Waals surface area contributed by atoms with Crippen LogP contribution in [0.25, 0.3) is 0 Å². The Balaban J connectivity index is 1.96. The fraction of sp³-hybridized carbons (Fsp3) is 0.455. The Morgan fingerprint density at radius 1 is 1.56 bits per heavy atom. The number of hydrogen-bond acceptors (Lipinski definition) is 3. The predicted molar refractivity (Wildman–Crippen MR) is 63.5 cm³/mol. The van der Waals surface area contributed by atoms with Crippen molar-refractivity contribution in [2.75, 3.05) is 18.4 Å². The second-order valence-electron chi connectivity index (χ2n) is 3.88. The van der Waals surface area contributed by atoms with Crippen LogP contribution in [0.4, 0.5) is 5.82 Å². The fourth-order valence-electron chi connectivity index (χ4n) is 1.78. The summed E-state index contributed by atoms with van der Waals surface area (Å²) in [5.74, 6) is 0.569. The van der Waals surface area contributed by atoms with E-state index in [9.17, 15) is 4.79 Å². The molecule has 1 aromatic heterocycles. The van der Waals surface area contributed by atoms with E-state index in [1.807, 2.05) is 0 Å². The molecule has 0 aliphatic carbocycles. The number of carbonyl (C=O) groups excluding carboxylic acids is 1. The summed E-state index contributed by atoms with van der Waals surface area (Å²) in [7, 11) is 0. The largest absolute Gasteiger partial charge is 0.316 e. The van der Waals surface area contributed by atoms with Crippen molar-refractivity contribution in [1.82, 2.24) is 10.3 Å². The summed E-state index contributed by atoms with van der Waals surface area (Å²) in [6.07, 6.45) is 1.97. The van der Waals surface area contributed by atoms with Crippen LogP contribution in [0.5, 0.6) is 0 Å². The van der Waals surface area contributed by atoms with Crippen LogP contribution >= 0.6 is 11.6 Å². The SMILES string of the molecule is O=C(Nc1cccc(Cl)n1)[C@H]1CCCNC1. The Bertz CT molecular complexity index is 377. The number of anilines is 1. The molecule has 0 spiro atoms. The summed E-state index contributed by atoms with van der Waals surface area (Å²) in [5.41, 5.74) is 0. The number of carbonyl (C=O) groups is 1. The summed E-state index contributed by atoms with van der Waals surface area (Å²) >= 11 is 5.74. The van der Waals surface area contributed by atoms with Crippen molar-refractivity contribution >= 4 is 23.3 Å². The molecule has 2 N–H and O–H groups in total. The standard InChI is InChI=1S/C11H14ClN3O/c12-9-4-1-5-10(14-9)15-11(16)8-3-2-6-13-7-8/h1,4-5,8,13H,2-3,6-7H2,(H,14,15,16)/t8-/m0/s1. The van der Waals surface area contributed by atoms with Gasteiger partial charge < -0.3 is 10.6 Å². The van der Waals surface area contributed by atoms with Gasteiger partial charge in [0.1, 0.15) is 11.0 Å². The van der Waals surface area contributed by atoms with E-state index in [0.29, 0.717) is 11.0 Å². The van der Waals surface area contributed by atoms with Gasteiger partial charge in [0.05, 0.1) is 5.92 Å². The topological polar surface area (TPSA) is 54.0 Å². The zero-order valence-electron chi connectivity index (χ0n) is 8.87. The maximum atomic E-state index is 11.8. The molecule has 1 amide bonds. The lowest BCUT2D eigenvalue weighted by atomic mass is 9.99. The van der Waals surface area contributed by atoms with E-state index in [4.69, 9.17) is 11.6 Å². The Hall–Kier alpha value is -1.13. The smallest absolute Gasteiger partial charge is 0.229 e. The highest BCUT2D eigenvalue weighted by Crippen LogP contribution is 2.14. The first kappa shape index (κ1) is 11.4. The first-order valence-electron chi connectivity index (χ1n) is 5.40. The molecule has 1 saturated heterocycles. The van der Waals surface area contributed by atoms with Gasteiger partial charge in [-0.15, -0.1) is 0 Å². The summed E-state index contributed by atoms with van der Waals surface area (Å²) in [4.78, 5) is 15.9. The number of nitrogens with one attached hydrogen (secondary N) is 2. The molecule has 2 heterocycles. The number of pyridine rings is 1. The van der Waals surface area contributed by atoms with Gasteiger partial charge in [-0.1, -0.05) is 17.7 Å². The van der Waals surface area contributed by atoms with Crippen LogP contribution in [0.3, 0.4) is 0 Å². The van der Waals surface area contributed by atoms with E-state index < -0.39 is 0 Å². The zero-order valence-corrected chi connectivity index (χ0v) is 9.63. The van der Waals surface area contributed by atoms with Crippen LogP contribution in [-0.2, 0) is 4.79 Å². The van der Waals surface area contributed by atoms with Crippen molar-refractivity contribution in [3.63, 3.8) is 0 Å². The summed E-state index contributed by atoms with van der Waals surface area (Å²) < 4.78 is 0. The number of hydrogen-bond donors (Lipinski definition) is 2. The first-order chi connectivity index (χ1) is 7.75. The van der Waals surface area contributed by atoms with Crippen molar-refractivity contribution in [1.29, 1.82) is 0 Å². The van der Waals surface area contributed by atoms with Crippen molar-refractivity contribution < 1.29 is 4.79 Å². The lowest BCUT2D eigenvalue weighted by molar-refractivity contribution is -0.120. The van der Waals surface area contributed by atoms with Crippen LogP contribution in [-0.4, -0.2) is 24.0 Å². The second-order valence-corrected chi connectivity index (χ2v) is 4.27. The lowest BCUT2D eigenvalue weighted by Gasteiger charge is -2.21. The molecule has 2 rings (SSSR count). The molecule has 0 saturated carbocycles. The molecule has 1 atom stereocenters. The molecular formula is C11H14ClN3O. The molecule has 1 aliphatic rings. The maximum absolute atomic E-state index is 11.8. The Kier molecular flexibility index (Phi) is 3.74. The monoisotopic (exact) mass is 239 g/mol. The molecule has 0 radical (unpaired) electrons. The molecule has 4 nitrogen and oxygen atoms in total. The van der Waals surface area contributed by atoms with Crippen LogP contribution in [0.1, 0.15) is 12.8 Å². The summed E-state index contributed by atoms with van der Waals surface area (Å²) in [6.45, 7) is 1.74. The van der Waals surface area contributed by atoms with E-state index in [0.717, 1.165) is 25.9 Å². The second kappa shape index (κ2) is 5.27. The van der Waals surface area contributed by atoms with Crippen molar-refractivity contribution in [2.45, 2.75) is 12.8 Å². The van der Waals surface area contributed by atoms with Crippen molar-refractivity contribution in [2.24, 2.45) is 5.92 Å². The normalized spacial score (nSPS) is 20.4. The number of rotatable bonds is 2. The van der Waals surface area contributed by atoms with Crippen LogP contribution in [0.2, 0.25) is 5.15 Å². The van der Waals surface area contributed by atoms with Crippen LogP contribution in [0, 0.1) is 5.92 Å². The van der Waals surface area contributed by atoms with Crippen molar-refractivity contribution in [3.8, 4) is 0 Å². The highest BCUT2D eigenvalue weighted by Gasteiger charge is 2.20. The Morgan fingerprint density at radius 2 is 2.44 bits per heavy atom. The van der Waals surface area contributed by atoms with Gasteiger partial charge >= 0.3 is 0 Å². The van der Waals surface area contributed by atoms with E-state index in [-0.39, 0.29) is 11.8 Å². The fourth-order valence-corrected chi connectivity index (χ4v) is 1.95. The number of piperidine rings is 1. The van der Waals surface area contributed by atoms with E-state index in [2.05, 4.69) is 15.6 Å². The Morgan fingerprint density at radius 3 is 3.12 bits per heavy atom. The minimum atomic E-state index is 0.0157. The molecular weight excluding hydrogens is 226 g/mol. The molecule has 86 valence electrons. The third-order valence-corrected chi connectivity index (χ3v) is 2.84. The third-order valence-electron chi connectivity index (χ3n) is 2.63. The average molecular weight is 240 g/mol. The van der Waals surface area contributed by atoms with Crippen molar-refractivity contribution in [3.05, 3.63) is 23.4 Å². The summed E-state index contributed by atoms with van der Waals surface area (Å²) in [5, 5.41) is 6.37. The van der Waals surface area contributed by atoms with Gasteiger partial charge in [0, 0.05) is 6.54 Å². The maximum Gasteiger partial charge on any atom is 0.229 e. The molecule has 1 fully saturated rings. The number of nitrogens with zero attached hydrogens (tertiary/aromatic N) is 1. The van der Waals surface area contributed by atoms with Gasteiger partial charge in [-0.3, -0.25) is 4.79 Å². The van der Waals surface area contributed by atoms with E-state index in [1.165, 1.54) is 0 Å². The Labute approximate surface area is 99.4 Å². The molecule has 16 heavy (non-hydrogen) atoms. The van der Waals surface area contributed by atoms with Gasteiger partial charge in [-0.25, -0.2) is 4.98 Å². The van der Waals surface area contributed by atoms with Crippen LogP contribution in [0.15, 0.2) is 18.2 Å². The lowest BCUT2D eigenvalue weighted by Crippen LogP contribution is -2.37. The van der Waals surface area contributed by atoms with Gasteiger partial charge in [-0.05, 0) is 31.5 Å². The molecule has 0 bridgehead atoms. The summed E-state index contributed by atoms with van der Waals surface area (Å²) in [6, 6.07) is 5.18. The van der Waals surface area contributed by atoms with E-state index >= 15 is 0 Å². The highest BCUT2D eigenvalue weighted by atomic mass is 35.5. The molecule has 0 aromatic carbocycles. The molecule has 1 aliphatic heterocycles. The highest BCUT2D eigenvalue weighted by molar-refractivity contribution is 6.29.